The topological polar surface area (TPSA) is 82.2 Å². The van der Waals surface area contributed by atoms with Crippen LogP contribution in [0.25, 0.3) is 0 Å². The van der Waals surface area contributed by atoms with E-state index in [4.69, 9.17) is 4.74 Å². The summed E-state index contributed by atoms with van der Waals surface area (Å²) in [6.07, 6.45) is 0. The van der Waals surface area contributed by atoms with Crippen LogP contribution in [0, 0.1) is 6.92 Å². The molecule has 0 bridgehead atoms. The summed E-state index contributed by atoms with van der Waals surface area (Å²) in [7, 11) is 1.54. The maximum Gasteiger partial charge on any atom is 0.318 e. The maximum atomic E-state index is 12.8. The van der Waals surface area contributed by atoms with Gasteiger partial charge in [-0.05, 0) is 45.4 Å². The van der Waals surface area contributed by atoms with E-state index in [0.717, 1.165) is 11.3 Å². The number of anilines is 1. The van der Waals surface area contributed by atoms with Crippen molar-refractivity contribution in [2.45, 2.75) is 33.2 Å². The predicted molar refractivity (Wildman–Crippen MR) is 107 cm³/mol. The highest BCUT2D eigenvalue weighted by atomic mass is 16.5. The molecule has 1 heterocycles. The summed E-state index contributed by atoms with van der Waals surface area (Å²) in [6.45, 7) is 8.26. The Morgan fingerprint density at radius 3 is 2.61 bits per heavy atom. The number of nitrogens with one attached hydrogen (secondary N) is 1. The first-order valence-electron chi connectivity index (χ1n) is 9.31. The molecule has 0 spiro atoms. The van der Waals surface area contributed by atoms with E-state index in [1.54, 1.807) is 12.0 Å². The summed E-state index contributed by atoms with van der Waals surface area (Å²) in [6, 6.07) is 7.26. The first kappa shape index (κ1) is 21.7. The lowest BCUT2D eigenvalue weighted by atomic mass is 10.1. The first-order valence-corrected chi connectivity index (χ1v) is 9.31. The van der Waals surface area contributed by atoms with Crippen LogP contribution in [-0.4, -0.2) is 73.2 Å². The molecule has 4 amide bonds. The molecule has 8 heteroatoms. The minimum absolute atomic E-state index is 0.00574. The lowest BCUT2D eigenvalue weighted by molar-refractivity contribution is -0.132. The smallest absolute Gasteiger partial charge is 0.318 e. The van der Waals surface area contributed by atoms with Crippen LogP contribution in [0.4, 0.5) is 10.5 Å². The molecule has 1 N–H and O–H groups in total. The Labute approximate surface area is 166 Å². The number of hydrogen-bond acceptors (Lipinski definition) is 4. The van der Waals surface area contributed by atoms with Gasteiger partial charge in [0.25, 0.3) is 0 Å². The van der Waals surface area contributed by atoms with Crippen LogP contribution in [0.15, 0.2) is 24.3 Å². The molecule has 2 rings (SSSR count). The molecule has 154 valence electrons. The SMILES string of the molecule is COCCN(CC(=O)N1CC(=O)N(c2cccc(C)c2)C1)C(=O)NC(C)(C)C. The van der Waals surface area contributed by atoms with E-state index >= 15 is 0 Å². The molecule has 0 atom stereocenters. The van der Waals surface area contributed by atoms with Gasteiger partial charge in [-0.15, -0.1) is 0 Å². The fraction of sp³-hybridized carbons (Fsp3) is 0.550. The second kappa shape index (κ2) is 9.05. The highest BCUT2D eigenvalue weighted by Gasteiger charge is 2.33. The van der Waals surface area contributed by atoms with Crippen molar-refractivity contribution in [3.8, 4) is 0 Å². The Balaban J connectivity index is 2.04. The van der Waals surface area contributed by atoms with Crippen LogP contribution in [0.5, 0.6) is 0 Å². The molecule has 0 radical (unpaired) electrons. The van der Waals surface area contributed by atoms with Gasteiger partial charge in [0.1, 0.15) is 19.8 Å². The quantitative estimate of drug-likeness (QED) is 0.800. The number of methoxy groups -OCH3 is 1. The van der Waals surface area contributed by atoms with Crippen LogP contribution in [0.3, 0.4) is 0 Å². The summed E-state index contributed by atoms with van der Waals surface area (Å²) >= 11 is 0. The number of amides is 4. The van der Waals surface area contributed by atoms with Gasteiger partial charge in [0.2, 0.25) is 11.8 Å². The largest absolute Gasteiger partial charge is 0.383 e. The highest BCUT2D eigenvalue weighted by molar-refractivity contribution is 6.00. The number of carbonyl (C=O) groups is 3. The molecular weight excluding hydrogens is 360 g/mol. The van der Waals surface area contributed by atoms with Gasteiger partial charge in [0, 0.05) is 24.9 Å². The van der Waals surface area contributed by atoms with E-state index in [2.05, 4.69) is 5.32 Å². The Kier molecular flexibility index (Phi) is 7.01. The minimum atomic E-state index is -0.420. The van der Waals surface area contributed by atoms with E-state index < -0.39 is 5.54 Å². The molecule has 1 saturated heterocycles. The number of carbonyl (C=O) groups excluding carboxylic acids is 3. The summed E-state index contributed by atoms with van der Waals surface area (Å²) in [5.74, 6) is -0.412. The van der Waals surface area contributed by atoms with E-state index in [-0.39, 0.29) is 44.1 Å². The monoisotopic (exact) mass is 390 g/mol. The van der Waals surface area contributed by atoms with Crippen LogP contribution in [0.2, 0.25) is 0 Å². The zero-order valence-electron chi connectivity index (χ0n) is 17.3. The van der Waals surface area contributed by atoms with Crippen molar-refractivity contribution in [1.29, 1.82) is 0 Å². The average molecular weight is 390 g/mol. The first-order chi connectivity index (χ1) is 13.1. The van der Waals surface area contributed by atoms with Gasteiger partial charge >= 0.3 is 6.03 Å². The molecule has 0 unspecified atom stereocenters. The standard InChI is InChI=1S/C20H30N4O4/c1-15-7-6-8-16(11-15)24-14-23(13-18(24)26)17(25)12-22(9-10-28-5)19(27)21-20(2,3)4/h6-8,11H,9-10,12-14H2,1-5H3,(H,21,27). The second-order valence-corrected chi connectivity index (χ2v) is 7.99. The Hall–Kier alpha value is -2.61. The van der Waals surface area contributed by atoms with Gasteiger partial charge in [0.05, 0.1) is 6.61 Å². The van der Waals surface area contributed by atoms with Crippen LogP contribution < -0.4 is 10.2 Å². The van der Waals surface area contributed by atoms with Crippen LogP contribution >= 0.6 is 0 Å². The summed E-state index contributed by atoms with van der Waals surface area (Å²) < 4.78 is 5.05. The average Bonchev–Trinajstić information content (AvgIpc) is 2.98. The van der Waals surface area contributed by atoms with Gasteiger partial charge in [0.15, 0.2) is 0 Å². The molecule has 0 aromatic heterocycles. The molecule has 8 nitrogen and oxygen atoms in total. The Bertz CT molecular complexity index is 729. The van der Waals surface area contributed by atoms with Crippen molar-refractivity contribution in [2.75, 3.05) is 44.9 Å². The Morgan fingerprint density at radius 1 is 1.29 bits per heavy atom. The predicted octanol–water partition coefficient (Wildman–Crippen LogP) is 1.58. The zero-order chi connectivity index (χ0) is 20.9. The minimum Gasteiger partial charge on any atom is -0.383 e. The number of nitrogens with zero attached hydrogens (tertiary/aromatic N) is 3. The third kappa shape index (κ3) is 5.95. The zero-order valence-corrected chi connectivity index (χ0v) is 17.3. The van der Waals surface area contributed by atoms with Crippen LogP contribution in [-0.2, 0) is 14.3 Å². The molecule has 1 aliphatic rings. The molecule has 0 aliphatic carbocycles. The molecule has 1 aromatic rings. The molecular formula is C20H30N4O4. The van der Waals surface area contributed by atoms with Crippen molar-refractivity contribution in [1.82, 2.24) is 15.1 Å². The van der Waals surface area contributed by atoms with Crippen molar-refractivity contribution >= 4 is 23.5 Å². The maximum absolute atomic E-state index is 12.8. The normalized spacial score (nSPS) is 14.4. The lowest BCUT2D eigenvalue weighted by Gasteiger charge is -2.29. The molecule has 1 aliphatic heterocycles. The van der Waals surface area contributed by atoms with E-state index in [9.17, 15) is 14.4 Å². The molecule has 1 aromatic carbocycles. The van der Waals surface area contributed by atoms with E-state index in [1.165, 1.54) is 9.80 Å². The number of rotatable bonds is 6. The third-order valence-corrected chi connectivity index (χ3v) is 4.27. The molecule has 1 fully saturated rings. The molecule has 28 heavy (non-hydrogen) atoms. The highest BCUT2D eigenvalue weighted by Crippen LogP contribution is 2.20. The van der Waals surface area contributed by atoms with Gasteiger partial charge in [-0.25, -0.2) is 4.79 Å². The summed E-state index contributed by atoms with van der Waals surface area (Å²) in [5, 5.41) is 2.86. The van der Waals surface area contributed by atoms with E-state index in [1.807, 2.05) is 52.0 Å². The fourth-order valence-corrected chi connectivity index (χ4v) is 2.85. The number of benzene rings is 1. The fourth-order valence-electron chi connectivity index (χ4n) is 2.85. The van der Waals surface area contributed by atoms with E-state index in [0.29, 0.717) is 6.61 Å². The number of ether oxygens (including phenoxy) is 1. The summed E-state index contributed by atoms with van der Waals surface area (Å²) in [5.41, 5.74) is 1.39. The van der Waals surface area contributed by atoms with Crippen molar-refractivity contribution in [3.63, 3.8) is 0 Å². The van der Waals surface area contributed by atoms with Crippen LogP contribution in [0.1, 0.15) is 26.3 Å². The van der Waals surface area contributed by atoms with Gasteiger partial charge in [-0.3, -0.25) is 14.5 Å². The van der Waals surface area contributed by atoms with Crippen molar-refractivity contribution < 1.29 is 19.1 Å². The third-order valence-electron chi connectivity index (χ3n) is 4.27. The lowest BCUT2D eigenvalue weighted by Crippen LogP contribution is -2.52. The van der Waals surface area contributed by atoms with Crippen molar-refractivity contribution in [2.24, 2.45) is 0 Å². The van der Waals surface area contributed by atoms with Gasteiger partial charge in [-0.2, -0.15) is 0 Å². The van der Waals surface area contributed by atoms with Gasteiger partial charge < -0.3 is 19.9 Å². The number of urea groups is 1. The van der Waals surface area contributed by atoms with Gasteiger partial charge in [-0.1, -0.05) is 12.1 Å². The molecule has 0 saturated carbocycles. The Morgan fingerprint density at radius 2 is 2.00 bits per heavy atom. The second-order valence-electron chi connectivity index (χ2n) is 7.99. The van der Waals surface area contributed by atoms with Crippen molar-refractivity contribution in [3.05, 3.63) is 29.8 Å². The summed E-state index contributed by atoms with van der Waals surface area (Å²) in [4.78, 5) is 42.1. The number of aryl methyl sites for hydroxylation is 1. The number of hydrogen-bond donors (Lipinski definition) is 1.